The number of hydrogen-bond acceptors (Lipinski definition) is 2. The molecule has 0 bridgehead atoms. The highest BCUT2D eigenvalue weighted by Gasteiger charge is 2.20. The van der Waals surface area contributed by atoms with Gasteiger partial charge in [0.05, 0.1) is 0 Å². The molecule has 2 N–H and O–H groups in total. The van der Waals surface area contributed by atoms with Crippen LogP contribution in [0.25, 0.3) is 10.9 Å². The average Bonchev–Trinajstić information content (AvgIpc) is 2.72. The second-order valence-electron chi connectivity index (χ2n) is 4.39. The minimum absolute atomic E-state index is 0.276. The molecule has 0 spiro atoms. The van der Waals surface area contributed by atoms with Crippen LogP contribution in [0.15, 0.2) is 12.1 Å². The van der Waals surface area contributed by atoms with Crippen LogP contribution in [0.2, 0.25) is 0 Å². The first-order valence-corrected chi connectivity index (χ1v) is 5.54. The van der Waals surface area contributed by atoms with E-state index < -0.39 is 0 Å². The van der Waals surface area contributed by atoms with E-state index in [2.05, 4.69) is 4.98 Å². The Morgan fingerprint density at radius 2 is 2.12 bits per heavy atom. The van der Waals surface area contributed by atoms with Crippen molar-refractivity contribution in [3.8, 4) is 0 Å². The summed E-state index contributed by atoms with van der Waals surface area (Å²) in [5.41, 5.74) is 10.4. The highest BCUT2D eigenvalue weighted by molar-refractivity contribution is 5.95. The van der Waals surface area contributed by atoms with Crippen molar-refractivity contribution >= 4 is 16.6 Å². The van der Waals surface area contributed by atoms with Crippen molar-refractivity contribution in [2.24, 2.45) is 0 Å². The van der Waals surface area contributed by atoms with E-state index in [1.54, 1.807) is 6.07 Å². The van der Waals surface area contributed by atoms with Gasteiger partial charge in [0, 0.05) is 16.8 Å². The lowest BCUT2D eigenvalue weighted by Gasteiger charge is -2.10. The maximum Gasteiger partial charge on any atom is 0.149 e. The minimum atomic E-state index is -0.276. The van der Waals surface area contributed by atoms with Crippen LogP contribution >= 0.6 is 0 Å². The molecule has 1 heterocycles. The molecule has 2 aromatic rings. The van der Waals surface area contributed by atoms with Gasteiger partial charge in [-0.15, -0.1) is 0 Å². The molecule has 0 aliphatic heterocycles. The minimum Gasteiger partial charge on any atom is -0.398 e. The Morgan fingerprint density at radius 3 is 2.94 bits per heavy atom. The number of hydrogen-bond donors (Lipinski definition) is 1. The molecule has 2 nitrogen and oxygen atoms in total. The maximum atomic E-state index is 13.7. The molecule has 82 valence electrons. The fourth-order valence-corrected chi connectivity index (χ4v) is 2.54. The number of anilines is 1. The number of fused-ring (bicyclic) bond motifs is 2. The van der Waals surface area contributed by atoms with E-state index in [1.165, 1.54) is 6.07 Å². The maximum absolute atomic E-state index is 13.7. The van der Waals surface area contributed by atoms with Crippen molar-refractivity contribution in [3.63, 3.8) is 0 Å². The lowest BCUT2D eigenvalue weighted by molar-refractivity contribution is 0.636. The second-order valence-corrected chi connectivity index (χ2v) is 4.39. The van der Waals surface area contributed by atoms with E-state index in [-0.39, 0.29) is 5.82 Å². The van der Waals surface area contributed by atoms with E-state index in [9.17, 15) is 4.39 Å². The van der Waals surface area contributed by atoms with Crippen molar-refractivity contribution in [1.82, 2.24) is 4.98 Å². The van der Waals surface area contributed by atoms with E-state index in [0.717, 1.165) is 47.2 Å². The standard InChI is InChI=1S/C13H13FN2/c1-7-5-6-9(14)13-11(7)12(15)8-3-2-4-10(8)16-13/h5-6H,2-4H2,1H3,(H2,15,16). The Morgan fingerprint density at radius 1 is 1.31 bits per heavy atom. The number of aromatic nitrogens is 1. The Labute approximate surface area is 93.3 Å². The Hall–Kier alpha value is -1.64. The predicted molar refractivity (Wildman–Crippen MR) is 62.9 cm³/mol. The van der Waals surface area contributed by atoms with Gasteiger partial charge in [0.25, 0.3) is 0 Å². The molecular weight excluding hydrogens is 203 g/mol. The van der Waals surface area contributed by atoms with Gasteiger partial charge in [-0.1, -0.05) is 6.07 Å². The summed E-state index contributed by atoms with van der Waals surface area (Å²) in [6.07, 6.45) is 2.96. The molecule has 0 saturated carbocycles. The fraction of sp³-hybridized carbons (Fsp3) is 0.308. The smallest absolute Gasteiger partial charge is 0.149 e. The third-order valence-corrected chi connectivity index (χ3v) is 3.37. The molecular formula is C13H13FN2. The topological polar surface area (TPSA) is 38.9 Å². The zero-order chi connectivity index (χ0) is 11.3. The number of nitrogen functional groups attached to an aromatic ring is 1. The largest absolute Gasteiger partial charge is 0.398 e. The first-order chi connectivity index (χ1) is 7.68. The zero-order valence-electron chi connectivity index (χ0n) is 9.18. The van der Waals surface area contributed by atoms with E-state index in [4.69, 9.17) is 5.73 Å². The number of nitrogens with two attached hydrogens (primary N) is 1. The molecule has 0 unspecified atom stereocenters. The summed E-state index contributed by atoms with van der Waals surface area (Å²) in [4.78, 5) is 4.42. The summed E-state index contributed by atoms with van der Waals surface area (Å²) >= 11 is 0. The van der Waals surface area contributed by atoms with Crippen LogP contribution in [0.1, 0.15) is 23.2 Å². The normalized spacial score (nSPS) is 14.4. The molecule has 1 aromatic carbocycles. The van der Waals surface area contributed by atoms with Crippen LogP contribution in [-0.4, -0.2) is 4.98 Å². The molecule has 1 aliphatic carbocycles. The van der Waals surface area contributed by atoms with Gasteiger partial charge in [0.1, 0.15) is 11.3 Å². The number of rotatable bonds is 0. The number of benzene rings is 1. The van der Waals surface area contributed by atoms with E-state index >= 15 is 0 Å². The van der Waals surface area contributed by atoms with Crippen LogP contribution < -0.4 is 5.73 Å². The summed E-state index contributed by atoms with van der Waals surface area (Å²) in [6, 6.07) is 3.22. The average molecular weight is 216 g/mol. The van der Waals surface area contributed by atoms with Crippen LogP contribution in [0.5, 0.6) is 0 Å². The van der Waals surface area contributed by atoms with Crippen LogP contribution in [-0.2, 0) is 12.8 Å². The molecule has 0 amide bonds. The van der Waals surface area contributed by atoms with Gasteiger partial charge in [-0.05, 0) is 43.4 Å². The van der Waals surface area contributed by atoms with Crippen molar-refractivity contribution in [2.45, 2.75) is 26.2 Å². The zero-order valence-corrected chi connectivity index (χ0v) is 9.18. The lowest BCUT2D eigenvalue weighted by atomic mass is 10.0. The summed E-state index contributed by atoms with van der Waals surface area (Å²) in [5.74, 6) is -0.276. The third-order valence-electron chi connectivity index (χ3n) is 3.37. The number of aryl methyl sites for hydroxylation is 2. The molecule has 3 rings (SSSR count). The van der Waals surface area contributed by atoms with Crippen LogP contribution in [0.4, 0.5) is 10.1 Å². The van der Waals surface area contributed by atoms with Gasteiger partial charge in [-0.3, -0.25) is 0 Å². The summed E-state index contributed by atoms with van der Waals surface area (Å²) < 4.78 is 13.7. The van der Waals surface area contributed by atoms with Gasteiger partial charge >= 0.3 is 0 Å². The molecule has 0 saturated heterocycles. The van der Waals surface area contributed by atoms with Gasteiger partial charge in [0.15, 0.2) is 0 Å². The van der Waals surface area contributed by atoms with Crippen molar-refractivity contribution < 1.29 is 4.39 Å². The van der Waals surface area contributed by atoms with Crippen LogP contribution in [0, 0.1) is 12.7 Å². The number of halogens is 1. The lowest BCUT2D eigenvalue weighted by Crippen LogP contribution is -2.01. The quantitative estimate of drug-likeness (QED) is 0.735. The summed E-state index contributed by atoms with van der Waals surface area (Å²) in [6.45, 7) is 1.95. The first-order valence-electron chi connectivity index (χ1n) is 5.54. The molecule has 0 fully saturated rings. The first kappa shape index (κ1) is 9.58. The second kappa shape index (κ2) is 3.17. The summed E-state index contributed by atoms with van der Waals surface area (Å²) in [5, 5.41) is 0.792. The predicted octanol–water partition coefficient (Wildman–Crippen LogP) is 2.75. The van der Waals surface area contributed by atoms with E-state index in [0.29, 0.717) is 5.52 Å². The number of nitrogens with zero attached hydrogens (tertiary/aromatic N) is 1. The van der Waals surface area contributed by atoms with Crippen molar-refractivity contribution in [2.75, 3.05) is 5.73 Å². The van der Waals surface area contributed by atoms with Gasteiger partial charge in [-0.2, -0.15) is 0 Å². The highest BCUT2D eigenvalue weighted by atomic mass is 19.1. The summed E-state index contributed by atoms with van der Waals surface area (Å²) in [7, 11) is 0. The van der Waals surface area contributed by atoms with Gasteiger partial charge < -0.3 is 5.73 Å². The van der Waals surface area contributed by atoms with Crippen molar-refractivity contribution in [1.29, 1.82) is 0 Å². The van der Waals surface area contributed by atoms with Crippen molar-refractivity contribution in [3.05, 3.63) is 34.8 Å². The Bertz CT molecular complexity index is 590. The molecule has 0 atom stereocenters. The SMILES string of the molecule is Cc1ccc(F)c2nc3c(c(N)c12)CCC3. The molecule has 3 heteroatoms. The molecule has 16 heavy (non-hydrogen) atoms. The highest BCUT2D eigenvalue weighted by Crippen LogP contribution is 2.34. The van der Waals surface area contributed by atoms with Gasteiger partial charge in [-0.25, -0.2) is 9.37 Å². The monoisotopic (exact) mass is 216 g/mol. The molecule has 1 aliphatic rings. The van der Waals surface area contributed by atoms with Gasteiger partial charge in [0.2, 0.25) is 0 Å². The van der Waals surface area contributed by atoms with E-state index in [1.807, 2.05) is 6.92 Å². The van der Waals surface area contributed by atoms with Crippen LogP contribution in [0.3, 0.4) is 0 Å². The molecule has 1 aromatic heterocycles. The molecule has 0 radical (unpaired) electrons. The fourth-order valence-electron chi connectivity index (χ4n) is 2.54. The Balaban J connectivity index is 2.50. The Kier molecular flexibility index (Phi) is 1.90. The number of pyridine rings is 1. The third kappa shape index (κ3) is 1.14.